The summed E-state index contributed by atoms with van der Waals surface area (Å²) in [7, 11) is 0. The van der Waals surface area contributed by atoms with Crippen LogP contribution in [0, 0.1) is 17.2 Å². The van der Waals surface area contributed by atoms with Gasteiger partial charge in [-0.1, -0.05) is 6.92 Å². The minimum atomic E-state index is 0.00134. The van der Waals surface area contributed by atoms with E-state index in [-0.39, 0.29) is 17.9 Å². The third-order valence-corrected chi connectivity index (χ3v) is 2.12. The van der Waals surface area contributed by atoms with Crippen molar-refractivity contribution >= 4 is 5.91 Å². The lowest BCUT2D eigenvalue weighted by Gasteiger charge is -2.13. The normalized spacial score (nSPS) is 25.8. The summed E-state index contributed by atoms with van der Waals surface area (Å²) in [6.07, 6.45) is 2.23. The van der Waals surface area contributed by atoms with Gasteiger partial charge in [0.1, 0.15) is 0 Å². The highest BCUT2D eigenvalue weighted by Crippen LogP contribution is 2.17. The summed E-state index contributed by atoms with van der Waals surface area (Å²) < 4.78 is 0. The molecule has 0 radical (unpaired) electrons. The smallest absolute Gasteiger partial charge is 0.220 e. The first-order chi connectivity index (χ1) is 5.27. The molecule has 1 heterocycles. The predicted molar refractivity (Wildman–Crippen MR) is 40.6 cm³/mol. The van der Waals surface area contributed by atoms with Crippen LogP contribution in [-0.2, 0) is 4.79 Å². The molecule has 1 N–H and O–H groups in total. The van der Waals surface area contributed by atoms with Crippen LogP contribution in [0.4, 0.5) is 0 Å². The summed E-state index contributed by atoms with van der Waals surface area (Å²) in [5, 5.41) is 11.5. The molecule has 11 heavy (non-hydrogen) atoms. The highest BCUT2D eigenvalue weighted by Gasteiger charge is 2.27. The molecule has 1 amide bonds. The molecule has 0 aliphatic carbocycles. The summed E-state index contributed by atoms with van der Waals surface area (Å²) in [5.41, 5.74) is 0. The zero-order chi connectivity index (χ0) is 8.27. The maximum atomic E-state index is 10.8. The molecule has 3 nitrogen and oxygen atoms in total. The van der Waals surface area contributed by atoms with Crippen LogP contribution < -0.4 is 5.32 Å². The maximum Gasteiger partial charge on any atom is 0.220 e. The molecule has 0 saturated carbocycles. The number of nitrogens with zero attached hydrogens (tertiary/aromatic N) is 1. The van der Waals surface area contributed by atoms with Crippen molar-refractivity contribution in [1.82, 2.24) is 5.32 Å². The molecule has 0 aromatic carbocycles. The van der Waals surface area contributed by atoms with E-state index in [2.05, 4.69) is 11.4 Å². The van der Waals surface area contributed by atoms with E-state index in [1.807, 2.05) is 6.92 Å². The van der Waals surface area contributed by atoms with Crippen molar-refractivity contribution in [2.75, 3.05) is 0 Å². The largest absolute Gasteiger partial charge is 0.352 e. The third kappa shape index (κ3) is 1.70. The SMILES string of the molecule is CCC(C#N)C1CCC(=O)N1. The van der Waals surface area contributed by atoms with Gasteiger partial charge in [0.15, 0.2) is 0 Å². The Kier molecular flexibility index (Phi) is 2.48. The average Bonchev–Trinajstić information content (AvgIpc) is 2.39. The zero-order valence-corrected chi connectivity index (χ0v) is 6.63. The molecule has 1 fully saturated rings. The Morgan fingerprint density at radius 3 is 3.00 bits per heavy atom. The summed E-state index contributed by atoms with van der Waals surface area (Å²) in [5.74, 6) is 0.0881. The topological polar surface area (TPSA) is 52.9 Å². The van der Waals surface area contributed by atoms with Gasteiger partial charge in [0.25, 0.3) is 0 Å². The molecular weight excluding hydrogens is 140 g/mol. The molecule has 1 aliphatic heterocycles. The number of hydrogen-bond donors (Lipinski definition) is 1. The standard InChI is InChI=1S/C8H12N2O/c1-2-6(5-9)7-3-4-8(11)10-7/h6-7H,2-4H2,1H3,(H,10,11). The minimum Gasteiger partial charge on any atom is -0.352 e. The van der Waals surface area contributed by atoms with E-state index >= 15 is 0 Å². The fraction of sp³-hybridized carbons (Fsp3) is 0.750. The number of carbonyl (C=O) groups is 1. The number of nitrogens with one attached hydrogen (secondary N) is 1. The van der Waals surface area contributed by atoms with Crippen LogP contribution in [0.1, 0.15) is 26.2 Å². The highest BCUT2D eigenvalue weighted by molar-refractivity contribution is 5.78. The Labute approximate surface area is 66.4 Å². The second-order valence-corrected chi connectivity index (χ2v) is 2.86. The van der Waals surface area contributed by atoms with E-state index in [9.17, 15) is 4.79 Å². The van der Waals surface area contributed by atoms with E-state index in [1.165, 1.54) is 0 Å². The van der Waals surface area contributed by atoms with E-state index in [0.29, 0.717) is 6.42 Å². The molecule has 1 rings (SSSR count). The molecule has 2 unspecified atom stereocenters. The molecule has 60 valence electrons. The Balaban J connectivity index is 2.48. The van der Waals surface area contributed by atoms with Gasteiger partial charge in [-0.15, -0.1) is 0 Å². The Hall–Kier alpha value is -1.04. The lowest BCUT2D eigenvalue weighted by atomic mass is 9.97. The lowest BCUT2D eigenvalue weighted by Crippen LogP contribution is -2.31. The van der Waals surface area contributed by atoms with Crippen molar-refractivity contribution in [3.05, 3.63) is 0 Å². The van der Waals surface area contributed by atoms with Gasteiger partial charge in [-0.2, -0.15) is 5.26 Å². The lowest BCUT2D eigenvalue weighted by molar-refractivity contribution is -0.119. The van der Waals surface area contributed by atoms with Crippen molar-refractivity contribution in [3.63, 3.8) is 0 Å². The Bertz CT molecular complexity index is 195. The molecule has 0 spiro atoms. The van der Waals surface area contributed by atoms with Gasteiger partial charge >= 0.3 is 0 Å². The predicted octanol–water partition coefficient (Wildman–Crippen LogP) is 0.815. The fourth-order valence-corrected chi connectivity index (χ4v) is 1.41. The molecule has 1 aliphatic rings. The van der Waals surface area contributed by atoms with Gasteiger partial charge in [0.05, 0.1) is 12.0 Å². The van der Waals surface area contributed by atoms with Crippen LogP contribution in [0.3, 0.4) is 0 Å². The van der Waals surface area contributed by atoms with Crippen molar-refractivity contribution in [2.24, 2.45) is 5.92 Å². The Morgan fingerprint density at radius 2 is 2.64 bits per heavy atom. The number of amides is 1. The quantitative estimate of drug-likeness (QED) is 0.636. The van der Waals surface area contributed by atoms with E-state index < -0.39 is 0 Å². The Morgan fingerprint density at radius 1 is 1.91 bits per heavy atom. The second-order valence-electron chi connectivity index (χ2n) is 2.86. The van der Waals surface area contributed by atoms with E-state index in [1.54, 1.807) is 0 Å². The van der Waals surface area contributed by atoms with Crippen LogP contribution >= 0.6 is 0 Å². The summed E-state index contributed by atoms with van der Waals surface area (Å²) in [4.78, 5) is 10.8. The van der Waals surface area contributed by atoms with Crippen molar-refractivity contribution in [3.8, 4) is 6.07 Å². The number of hydrogen-bond acceptors (Lipinski definition) is 2. The van der Waals surface area contributed by atoms with Crippen molar-refractivity contribution < 1.29 is 4.79 Å². The molecule has 0 aromatic rings. The van der Waals surface area contributed by atoms with Gasteiger partial charge in [0, 0.05) is 12.5 Å². The molecule has 0 aromatic heterocycles. The van der Waals surface area contributed by atoms with Crippen LogP contribution in [0.25, 0.3) is 0 Å². The summed E-state index contributed by atoms with van der Waals surface area (Å²) >= 11 is 0. The average molecular weight is 152 g/mol. The fourth-order valence-electron chi connectivity index (χ4n) is 1.41. The number of carbonyl (C=O) groups excluding carboxylic acids is 1. The first kappa shape index (κ1) is 8.06. The molecular formula is C8H12N2O. The van der Waals surface area contributed by atoms with Gasteiger partial charge in [-0.3, -0.25) is 4.79 Å². The number of rotatable bonds is 2. The maximum absolute atomic E-state index is 10.8. The molecule has 0 bridgehead atoms. The van der Waals surface area contributed by atoms with Crippen LogP contribution in [0.5, 0.6) is 0 Å². The van der Waals surface area contributed by atoms with Crippen molar-refractivity contribution in [2.45, 2.75) is 32.2 Å². The monoisotopic (exact) mass is 152 g/mol. The summed E-state index contributed by atoms with van der Waals surface area (Å²) in [6, 6.07) is 2.31. The van der Waals surface area contributed by atoms with Crippen LogP contribution in [-0.4, -0.2) is 11.9 Å². The van der Waals surface area contributed by atoms with Gasteiger partial charge in [-0.05, 0) is 12.8 Å². The van der Waals surface area contributed by atoms with Gasteiger partial charge < -0.3 is 5.32 Å². The molecule has 2 atom stereocenters. The minimum absolute atomic E-state index is 0.00134. The van der Waals surface area contributed by atoms with Crippen LogP contribution in [0.15, 0.2) is 0 Å². The third-order valence-electron chi connectivity index (χ3n) is 2.12. The highest BCUT2D eigenvalue weighted by atomic mass is 16.1. The van der Waals surface area contributed by atoms with Crippen molar-refractivity contribution in [1.29, 1.82) is 5.26 Å². The second kappa shape index (κ2) is 3.38. The molecule has 1 saturated heterocycles. The van der Waals surface area contributed by atoms with Crippen LogP contribution in [0.2, 0.25) is 0 Å². The number of nitriles is 1. The first-order valence-corrected chi connectivity index (χ1v) is 3.97. The van der Waals surface area contributed by atoms with Gasteiger partial charge in [0.2, 0.25) is 5.91 Å². The van der Waals surface area contributed by atoms with E-state index in [0.717, 1.165) is 12.8 Å². The summed E-state index contributed by atoms with van der Waals surface area (Å²) in [6.45, 7) is 1.97. The zero-order valence-electron chi connectivity index (χ0n) is 6.63. The molecule has 3 heteroatoms. The van der Waals surface area contributed by atoms with E-state index in [4.69, 9.17) is 5.26 Å². The van der Waals surface area contributed by atoms with Gasteiger partial charge in [-0.25, -0.2) is 0 Å². The first-order valence-electron chi connectivity index (χ1n) is 3.97.